The Bertz CT molecular complexity index is 418. The van der Waals surface area contributed by atoms with Gasteiger partial charge in [0.1, 0.15) is 0 Å². The standard InChI is InChI=1S/C9H14N2O3S.ClH/c1-8-7-10-4-5-11(8)15(12,13)9-3-2-6-14-9;/h2-3,6,8,10H,4-5,7H2,1H3;1H/t8-;/m1./s1. The molecule has 7 heteroatoms. The van der Waals surface area contributed by atoms with Gasteiger partial charge >= 0.3 is 0 Å². The molecule has 1 aromatic heterocycles. The lowest BCUT2D eigenvalue weighted by Gasteiger charge is -2.31. The highest BCUT2D eigenvalue weighted by Gasteiger charge is 2.32. The monoisotopic (exact) mass is 266 g/mol. The summed E-state index contributed by atoms with van der Waals surface area (Å²) in [5, 5.41) is 3.17. The van der Waals surface area contributed by atoms with Crippen LogP contribution in [0, 0.1) is 0 Å². The second kappa shape index (κ2) is 5.18. The molecule has 0 unspecified atom stereocenters. The minimum atomic E-state index is -3.44. The summed E-state index contributed by atoms with van der Waals surface area (Å²) in [6.45, 7) is 3.74. The molecule has 1 N–H and O–H groups in total. The molecule has 16 heavy (non-hydrogen) atoms. The number of halogens is 1. The van der Waals surface area contributed by atoms with Crippen molar-refractivity contribution < 1.29 is 12.8 Å². The van der Waals surface area contributed by atoms with Crippen LogP contribution >= 0.6 is 12.4 Å². The summed E-state index contributed by atoms with van der Waals surface area (Å²) in [5.74, 6) is 0. The van der Waals surface area contributed by atoms with Crippen molar-refractivity contribution in [3.05, 3.63) is 18.4 Å². The van der Waals surface area contributed by atoms with Gasteiger partial charge in [-0.25, -0.2) is 8.42 Å². The number of rotatable bonds is 2. The van der Waals surface area contributed by atoms with Gasteiger partial charge in [0.05, 0.1) is 6.26 Å². The van der Waals surface area contributed by atoms with Crippen molar-refractivity contribution in [1.82, 2.24) is 9.62 Å². The maximum absolute atomic E-state index is 12.1. The molecule has 0 radical (unpaired) electrons. The average molecular weight is 267 g/mol. The van der Waals surface area contributed by atoms with Gasteiger partial charge in [0.2, 0.25) is 5.09 Å². The summed E-state index contributed by atoms with van der Waals surface area (Å²) in [6, 6.07) is 3.03. The average Bonchev–Trinajstić information content (AvgIpc) is 2.71. The zero-order valence-corrected chi connectivity index (χ0v) is 10.6. The van der Waals surface area contributed by atoms with E-state index in [0.717, 1.165) is 0 Å². The lowest BCUT2D eigenvalue weighted by atomic mass is 10.3. The molecule has 5 nitrogen and oxygen atoms in total. The van der Waals surface area contributed by atoms with E-state index in [1.54, 1.807) is 6.07 Å². The molecule has 1 aliphatic heterocycles. The summed E-state index contributed by atoms with van der Waals surface area (Å²) in [4.78, 5) is 0. The van der Waals surface area contributed by atoms with E-state index in [0.29, 0.717) is 19.6 Å². The Hall–Kier alpha value is -0.560. The topological polar surface area (TPSA) is 62.6 Å². The molecular formula is C9H15ClN2O3S. The smallest absolute Gasteiger partial charge is 0.276 e. The van der Waals surface area contributed by atoms with E-state index < -0.39 is 10.0 Å². The van der Waals surface area contributed by atoms with Crippen molar-refractivity contribution >= 4 is 22.4 Å². The van der Waals surface area contributed by atoms with Crippen LogP contribution in [0.25, 0.3) is 0 Å². The highest BCUT2D eigenvalue weighted by atomic mass is 35.5. The highest BCUT2D eigenvalue weighted by Crippen LogP contribution is 2.19. The number of piperazine rings is 1. The van der Waals surface area contributed by atoms with E-state index >= 15 is 0 Å². The van der Waals surface area contributed by atoms with Gasteiger partial charge in [0.25, 0.3) is 10.0 Å². The van der Waals surface area contributed by atoms with Gasteiger partial charge in [-0.2, -0.15) is 4.31 Å². The maximum Gasteiger partial charge on any atom is 0.276 e. The van der Waals surface area contributed by atoms with Gasteiger partial charge in [0, 0.05) is 25.7 Å². The first kappa shape index (κ1) is 13.5. The van der Waals surface area contributed by atoms with E-state index in [2.05, 4.69) is 5.32 Å². The SMILES string of the molecule is C[C@@H]1CNCCN1S(=O)(=O)c1ccco1.Cl. The second-order valence-corrected chi connectivity index (χ2v) is 5.42. The lowest BCUT2D eigenvalue weighted by molar-refractivity contribution is 0.276. The molecule has 1 aromatic rings. The van der Waals surface area contributed by atoms with Crippen molar-refractivity contribution in [3.8, 4) is 0 Å². The lowest BCUT2D eigenvalue weighted by Crippen LogP contribution is -2.51. The Kier molecular flexibility index (Phi) is 4.37. The third-order valence-electron chi connectivity index (χ3n) is 2.50. The number of hydrogen-bond acceptors (Lipinski definition) is 4. The van der Waals surface area contributed by atoms with Crippen LogP contribution < -0.4 is 5.32 Å². The molecule has 1 aliphatic rings. The molecular weight excluding hydrogens is 252 g/mol. The van der Waals surface area contributed by atoms with Crippen molar-refractivity contribution in [2.24, 2.45) is 0 Å². The molecule has 1 saturated heterocycles. The summed E-state index contributed by atoms with van der Waals surface area (Å²) in [5.41, 5.74) is 0. The number of sulfonamides is 1. The Labute approximate surface area is 101 Å². The molecule has 0 saturated carbocycles. The fourth-order valence-corrected chi connectivity index (χ4v) is 3.24. The fraction of sp³-hybridized carbons (Fsp3) is 0.556. The molecule has 2 rings (SSSR count). The van der Waals surface area contributed by atoms with E-state index in [9.17, 15) is 8.42 Å². The Morgan fingerprint density at radius 2 is 2.31 bits per heavy atom. The zero-order chi connectivity index (χ0) is 10.9. The number of hydrogen-bond donors (Lipinski definition) is 1. The summed E-state index contributed by atoms with van der Waals surface area (Å²) in [6.07, 6.45) is 1.37. The second-order valence-electron chi connectivity index (χ2n) is 3.60. The Morgan fingerprint density at radius 3 is 2.88 bits per heavy atom. The van der Waals surface area contributed by atoms with E-state index in [1.807, 2.05) is 6.92 Å². The molecule has 0 amide bonds. The number of nitrogens with zero attached hydrogens (tertiary/aromatic N) is 1. The molecule has 1 atom stereocenters. The largest absolute Gasteiger partial charge is 0.452 e. The van der Waals surface area contributed by atoms with Crippen LogP contribution in [0.15, 0.2) is 27.9 Å². The first-order valence-corrected chi connectivity index (χ1v) is 6.32. The van der Waals surface area contributed by atoms with Gasteiger partial charge in [-0.1, -0.05) is 0 Å². The molecule has 0 aromatic carbocycles. The molecule has 92 valence electrons. The van der Waals surface area contributed by atoms with Gasteiger partial charge in [0.15, 0.2) is 0 Å². The van der Waals surface area contributed by atoms with Gasteiger partial charge in [-0.05, 0) is 19.1 Å². The minimum absolute atomic E-state index is 0. The Morgan fingerprint density at radius 1 is 1.56 bits per heavy atom. The van der Waals surface area contributed by atoms with E-state index in [4.69, 9.17) is 4.42 Å². The summed E-state index contributed by atoms with van der Waals surface area (Å²) >= 11 is 0. The van der Waals surface area contributed by atoms with Gasteiger partial charge in [-0.15, -0.1) is 12.4 Å². The maximum atomic E-state index is 12.1. The quantitative estimate of drug-likeness (QED) is 0.855. The third-order valence-corrected chi connectivity index (χ3v) is 4.40. The van der Waals surface area contributed by atoms with Gasteiger partial charge in [-0.3, -0.25) is 0 Å². The fourth-order valence-electron chi connectivity index (χ4n) is 1.71. The van der Waals surface area contributed by atoms with E-state index in [-0.39, 0.29) is 23.5 Å². The number of nitrogens with one attached hydrogen (secondary N) is 1. The molecule has 2 heterocycles. The molecule has 0 bridgehead atoms. The first-order chi connectivity index (χ1) is 7.12. The molecule has 0 aliphatic carbocycles. The van der Waals surface area contributed by atoms with Crippen LogP contribution in [0.3, 0.4) is 0 Å². The first-order valence-electron chi connectivity index (χ1n) is 4.88. The van der Waals surface area contributed by atoms with Crippen LogP contribution in [0.5, 0.6) is 0 Å². The third kappa shape index (κ3) is 2.40. The van der Waals surface area contributed by atoms with Crippen molar-refractivity contribution in [3.63, 3.8) is 0 Å². The van der Waals surface area contributed by atoms with Crippen LogP contribution in [-0.4, -0.2) is 38.4 Å². The van der Waals surface area contributed by atoms with Crippen molar-refractivity contribution in [2.75, 3.05) is 19.6 Å². The predicted molar refractivity (Wildman–Crippen MR) is 62.2 cm³/mol. The normalized spacial score (nSPS) is 22.7. The predicted octanol–water partition coefficient (Wildman–Crippen LogP) is 0.684. The number of furan rings is 1. The molecule has 0 spiro atoms. The highest BCUT2D eigenvalue weighted by molar-refractivity contribution is 7.89. The minimum Gasteiger partial charge on any atom is -0.452 e. The van der Waals surface area contributed by atoms with E-state index in [1.165, 1.54) is 16.6 Å². The Balaban J connectivity index is 0.00000128. The van der Waals surface area contributed by atoms with Crippen LogP contribution in [0.1, 0.15) is 6.92 Å². The van der Waals surface area contributed by atoms with Gasteiger partial charge < -0.3 is 9.73 Å². The molecule has 1 fully saturated rings. The van der Waals surface area contributed by atoms with Crippen LogP contribution in [0.2, 0.25) is 0 Å². The van der Waals surface area contributed by atoms with Crippen LogP contribution in [0.4, 0.5) is 0 Å². The van der Waals surface area contributed by atoms with Crippen LogP contribution in [-0.2, 0) is 10.0 Å². The zero-order valence-electron chi connectivity index (χ0n) is 8.92. The van der Waals surface area contributed by atoms with Crippen molar-refractivity contribution in [1.29, 1.82) is 0 Å². The van der Waals surface area contributed by atoms with Crippen molar-refractivity contribution in [2.45, 2.75) is 18.1 Å². The summed E-state index contributed by atoms with van der Waals surface area (Å²) in [7, 11) is -3.44. The summed E-state index contributed by atoms with van der Waals surface area (Å²) < 4.78 is 30.6.